The number of hydrogen-bond acceptors (Lipinski definition) is 3. The van der Waals surface area contributed by atoms with Crippen LogP contribution in [0.15, 0.2) is 42.6 Å². The first-order valence-electron chi connectivity index (χ1n) is 5.22. The van der Waals surface area contributed by atoms with Crippen LogP contribution in [-0.2, 0) is 0 Å². The Hall–Kier alpha value is -1.94. The van der Waals surface area contributed by atoms with Crippen LogP contribution in [0.1, 0.15) is 18.6 Å². The first kappa shape index (κ1) is 11.5. The average Bonchev–Trinajstić information content (AvgIpc) is 2.29. The molecular weight excluding hydrogens is 221 g/mol. The molecule has 0 spiro atoms. The number of pyridine rings is 1. The maximum Gasteiger partial charge on any atom is 0.219 e. The van der Waals surface area contributed by atoms with Crippen molar-refractivity contribution in [1.82, 2.24) is 4.98 Å². The molecule has 1 atom stereocenters. The number of nitrogens with zero attached hydrogens (tertiary/aromatic N) is 1. The number of rotatable bonds is 3. The highest BCUT2D eigenvalue weighted by Gasteiger charge is 2.04. The standard InChI is InChI=1S/C13H12FNO2/c1-9(16)10-5-6-15-13(7-10)17-12-4-2-3-11(14)8-12/h2-9,16H,1H3. The van der Waals surface area contributed by atoms with Gasteiger partial charge in [-0.05, 0) is 30.7 Å². The van der Waals surface area contributed by atoms with E-state index in [9.17, 15) is 9.50 Å². The van der Waals surface area contributed by atoms with Crippen molar-refractivity contribution in [3.8, 4) is 11.6 Å². The Kier molecular flexibility index (Phi) is 3.35. The van der Waals surface area contributed by atoms with Crippen molar-refractivity contribution in [3.05, 3.63) is 54.0 Å². The van der Waals surface area contributed by atoms with Crippen LogP contribution in [0.4, 0.5) is 4.39 Å². The first-order valence-corrected chi connectivity index (χ1v) is 5.22. The van der Waals surface area contributed by atoms with Gasteiger partial charge in [-0.3, -0.25) is 0 Å². The van der Waals surface area contributed by atoms with E-state index in [2.05, 4.69) is 4.98 Å². The summed E-state index contributed by atoms with van der Waals surface area (Å²) in [6.07, 6.45) is 0.948. The normalized spacial score (nSPS) is 12.2. The van der Waals surface area contributed by atoms with Crippen LogP contribution in [-0.4, -0.2) is 10.1 Å². The second-order valence-corrected chi connectivity index (χ2v) is 3.66. The molecule has 2 rings (SSSR count). The van der Waals surface area contributed by atoms with Gasteiger partial charge in [-0.2, -0.15) is 0 Å². The van der Waals surface area contributed by atoms with Gasteiger partial charge in [-0.15, -0.1) is 0 Å². The van der Waals surface area contributed by atoms with Gasteiger partial charge >= 0.3 is 0 Å². The molecule has 1 unspecified atom stereocenters. The molecule has 0 aliphatic carbocycles. The van der Waals surface area contributed by atoms with Crippen molar-refractivity contribution in [2.24, 2.45) is 0 Å². The lowest BCUT2D eigenvalue weighted by Gasteiger charge is -2.08. The molecular formula is C13H12FNO2. The summed E-state index contributed by atoms with van der Waals surface area (Å²) in [5.74, 6) is 0.337. The topological polar surface area (TPSA) is 42.4 Å². The van der Waals surface area contributed by atoms with Gasteiger partial charge < -0.3 is 9.84 Å². The second-order valence-electron chi connectivity index (χ2n) is 3.66. The molecule has 1 aromatic heterocycles. The second kappa shape index (κ2) is 4.93. The third kappa shape index (κ3) is 3.01. The summed E-state index contributed by atoms with van der Waals surface area (Å²) in [6.45, 7) is 1.65. The number of aliphatic hydroxyl groups is 1. The van der Waals surface area contributed by atoms with E-state index in [1.54, 1.807) is 31.2 Å². The third-order valence-electron chi connectivity index (χ3n) is 2.26. The maximum absolute atomic E-state index is 12.9. The Morgan fingerprint density at radius 3 is 2.82 bits per heavy atom. The summed E-state index contributed by atoms with van der Waals surface area (Å²) < 4.78 is 18.3. The molecule has 1 N–H and O–H groups in total. The van der Waals surface area contributed by atoms with E-state index < -0.39 is 6.10 Å². The molecule has 1 aromatic carbocycles. The highest BCUT2D eigenvalue weighted by atomic mass is 19.1. The van der Waals surface area contributed by atoms with Crippen LogP contribution < -0.4 is 4.74 Å². The molecule has 0 saturated carbocycles. The van der Waals surface area contributed by atoms with Crippen molar-refractivity contribution < 1.29 is 14.2 Å². The quantitative estimate of drug-likeness (QED) is 0.885. The number of aliphatic hydroxyl groups excluding tert-OH is 1. The predicted molar refractivity (Wildman–Crippen MR) is 61.3 cm³/mol. The lowest BCUT2D eigenvalue weighted by molar-refractivity contribution is 0.198. The summed E-state index contributed by atoms with van der Waals surface area (Å²) in [4.78, 5) is 3.99. The zero-order valence-electron chi connectivity index (χ0n) is 9.30. The molecule has 0 fully saturated rings. The van der Waals surface area contributed by atoms with Crippen LogP contribution in [0.3, 0.4) is 0 Å². The van der Waals surface area contributed by atoms with E-state index in [1.165, 1.54) is 18.3 Å². The number of ether oxygens (including phenoxy) is 1. The molecule has 0 saturated heterocycles. The van der Waals surface area contributed by atoms with Gasteiger partial charge in [0.25, 0.3) is 0 Å². The van der Waals surface area contributed by atoms with Crippen LogP contribution in [0.5, 0.6) is 11.6 Å². The van der Waals surface area contributed by atoms with Crippen molar-refractivity contribution in [2.45, 2.75) is 13.0 Å². The van der Waals surface area contributed by atoms with E-state index in [1.807, 2.05) is 0 Å². The summed E-state index contributed by atoms with van der Waals surface area (Å²) in [7, 11) is 0. The largest absolute Gasteiger partial charge is 0.439 e. The fourth-order valence-electron chi connectivity index (χ4n) is 1.39. The third-order valence-corrected chi connectivity index (χ3v) is 2.26. The minimum atomic E-state index is -0.590. The highest BCUT2D eigenvalue weighted by Crippen LogP contribution is 2.22. The molecule has 1 heterocycles. The van der Waals surface area contributed by atoms with Gasteiger partial charge in [0.15, 0.2) is 0 Å². The lowest BCUT2D eigenvalue weighted by Crippen LogP contribution is -1.94. The van der Waals surface area contributed by atoms with E-state index in [-0.39, 0.29) is 5.82 Å². The molecule has 17 heavy (non-hydrogen) atoms. The van der Waals surface area contributed by atoms with Crippen LogP contribution >= 0.6 is 0 Å². The molecule has 4 heteroatoms. The minimum Gasteiger partial charge on any atom is -0.439 e. The SMILES string of the molecule is CC(O)c1ccnc(Oc2cccc(F)c2)c1. The molecule has 88 valence electrons. The number of benzene rings is 1. The summed E-state index contributed by atoms with van der Waals surface area (Å²) in [5.41, 5.74) is 0.700. The fraction of sp³-hybridized carbons (Fsp3) is 0.154. The zero-order chi connectivity index (χ0) is 12.3. The number of halogens is 1. The van der Waals surface area contributed by atoms with E-state index >= 15 is 0 Å². The first-order chi connectivity index (χ1) is 8.15. The summed E-state index contributed by atoms with van der Waals surface area (Å²) in [6, 6.07) is 9.13. The Labute approximate surface area is 98.5 Å². The van der Waals surface area contributed by atoms with Crippen molar-refractivity contribution in [1.29, 1.82) is 0 Å². The lowest BCUT2D eigenvalue weighted by atomic mass is 10.2. The molecule has 2 aromatic rings. The summed E-state index contributed by atoms with van der Waals surface area (Å²) in [5, 5.41) is 9.42. The van der Waals surface area contributed by atoms with Crippen LogP contribution in [0.2, 0.25) is 0 Å². The van der Waals surface area contributed by atoms with Crippen molar-refractivity contribution >= 4 is 0 Å². The van der Waals surface area contributed by atoms with Crippen LogP contribution in [0, 0.1) is 5.82 Å². The van der Waals surface area contributed by atoms with E-state index in [0.717, 1.165) is 0 Å². The Bertz CT molecular complexity index is 514. The molecule has 3 nitrogen and oxygen atoms in total. The number of hydrogen-bond donors (Lipinski definition) is 1. The smallest absolute Gasteiger partial charge is 0.219 e. The minimum absolute atomic E-state index is 0.328. The highest BCUT2D eigenvalue weighted by molar-refractivity contribution is 5.29. The molecule has 0 aliphatic heterocycles. The van der Waals surface area contributed by atoms with Crippen molar-refractivity contribution in [2.75, 3.05) is 0 Å². The van der Waals surface area contributed by atoms with Gasteiger partial charge in [0, 0.05) is 18.3 Å². The monoisotopic (exact) mass is 233 g/mol. The summed E-state index contributed by atoms with van der Waals surface area (Å²) >= 11 is 0. The van der Waals surface area contributed by atoms with Gasteiger partial charge in [0.1, 0.15) is 11.6 Å². The van der Waals surface area contributed by atoms with Crippen LogP contribution in [0.25, 0.3) is 0 Å². The van der Waals surface area contributed by atoms with E-state index in [0.29, 0.717) is 17.2 Å². The molecule has 0 aliphatic rings. The van der Waals surface area contributed by atoms with E-state index in [4.69, 9.17) is 4.74 Å². The van der Waals surface area contributed by atoms with Gasteiger partial charge in [0.2, 0.25) is 5.88 Å². The molecule has 0 bridgehead atoms. The number of aromatic nitrogens is 1. The zero-order valence-corrected chi connectivity index (χ0v) is 9.30. The Balaban J connectivity index is 2.21. The average molecular weight is 233 g/mol. The van der Waals surface area contributed by atoms with Gasteiger partial charge in [-0.1, -0.05) is 6.07 Å². The maximum atomic E-state index is 12.9. The van der Waals surface area contributed by atoms with Gasteiger partial charge in [0.05, 0.1) is 6.10 Å². The Morgan fingerprint density at radius 1 is 1.29 bits per heavy atom. The molecule has 0 amide bonds. The Morgan fingerprint density at radius 2 is 2.12 bits per heavy atom. The van der Waals surface area contributed by atoms with Crippen molar-refractivity contribution in [3.63, 3.8) is 0 Å². The van der Waals surface area contributed by atoms with Gasteiger partial charge in [-0.25, -0.2) is 9.37 Å². The predicted octanol–water partition coefficient (Wildman–Crippen LogP) is 3.07. The fourth-order valence-corrected chi connectivity index (χ4v) is 1.39. The molecule has 0 radical (unpaired) electrons.